The summed E-state index contributed by atoms with van der Waals surface area (Å²) in [7, 11) is 0. The lowest BCUT2D eigenvalue weighted by atomic mass is 10.2. The standard InChI is InChI=1S/C12H16Cl2N2O2/c1-12(2,3)18-11(17)16(15)7-8-4-9(13)6-10(14)5-8/h4-6H,7,15H2,1-3H3. The van der Waals surface area contributed by atoms with Crippen molar-refractivity contribution in [3.63, 3.8) is 0 Å². The van der Waals surface area contributed by atoms with E-state index < -0.39 is 11.7 Å². The summed E-state index contributed by atoms with van der Waals surface area (Å²) < 4.78 is 5.13. The van der Waals surface area contributed by atoms with Crippen LogP contribution in [0.2, 0.25) is 10.0 Å². The smallest absolute Gasteiger partial charge is 0.424 e. The molecule has 0 radical (unpaired) electrons. The highest BCUT2D eigenvalue weighted by molar-refractivity contribution is 6.34. The van der Waals surface area contributed by atoms with Gasteiger partial charge >= 0.3 is 6.09 Å². The van der Waals surface area contributed by atoms with Crippen LogP contribution < -0.4 is 5.84 Å². The number of carbonyl (C=O) groups is 1. The van der Waals surface area contributed by atoms with Crippen LogP contribution in [0.25, 0.3) is 0 Å². The van der Waals surface area contributed by atoms with Gasteiger partial charge in [-0.3, -0.25) is 0 Å². The van der Waals surface area contributed by atoms with E-state index in [1.54, 1.807) is 39.0 Å². The lowest BCUT2D eigenvalue weighted by Gasteiger charge is -2.24. The Morgan fingerprint density at radius 1 is 1.28 bits per heavy atom. The third-order valence-electron chi connectivity index (χ3n) is 1.90. The fraction of sp³-hybridized carbons (Fsp3) is 0.417. The number of carbonyl (C=O) groups excluding carboxylic acids is 1. The zero-order valence-corrected chi connectivity index (χ0v) is 12.0. The Morgan fingerprint density at radius 2 is 1.78 bits per heavy atom. The van der Waals surface area contributed by atoms with Gasteiger partial charge in [0.05, 0.1) is 6.54 Å². The molecule has 0 spiro atoms. The van der Waals surface area contributed by atoms with Crippen LogP contribution in [0.1, 0.15) is 26.3 Å². The second kappa shape index (κ2) is 5.78. The highest BCUT2D eigenvalue weighted by Gasteiger charge is 2.20. The SMILES string of the molecule is CC(C)(C)OC(=O)N(N)Cc1cc(Cl)cc(Cl)c1. The van der Waals surface area contributed by atoms with Crippen LogP contribution in [0.3, 0.4) is 0 Å². The topological polar surface area (TPSA) is 55.6 Å². The number of rotatable bonds is 2. The summed E-state index contributed by atoms with van der Waals surface area (Å²) in [5.74, 6) is 5.63. The molecule has 6 heteroatoms. The molecule has 0 heterocycles. The predicted octanol–water partition coefficient (Wildman–Crippen LogP) is 3.60. The Balaban J connectivity index is 2.69. The van der Waals surface area contributed by atoms with Crippen molar-refractivity contribution in [2.45, 2.75) is 32.9 Å². The summed E-state index contributed by atoms with van der Waals surface area (Å²) in [6.45, 7) is 5.49. The Bertz CT molecular complexity index is 424. The molecule has 0 fully saturated rings. The van der Waals surface area contributed by atoms with Crippen molar-refractivity contribution in [3.05, 3.63) is 33.8 Å². The van der Waals surface area contributed by atoms with Gasteiger partial charge in [-0.1, -0.05) is 23.2 Å². The number of nitrogens with zero attached hydrogens (tertiary/aromatic N) is 1. The Hall–Kier alpha value is -0.970. The van der Waals surface area contributed by atoms with E-state index in [-0.39, 0.29) is 6.54 Å². The molecule has 0 aromatic heterocycles. The molecule has 1 aromatic carbocycles. The van der Waals surface area contributed by atoms with E-state index >= 15 is 0 Å². The van der Waals surface area contributed by atoms with Gasteiger partial charge in [0.2, 0.25) is 0 Å². The highest BCUT2D eigenvalue weighted by atomic mass is 35.5. The molecule has 2 N–H and O–H groups in total. The van der Waals surface area contributed by atoms with Crippen molar-refractivity contribution >= 4 is 29.3 Å². The van der Waals surface area contributed by atoms with Gasteiger partial charge in [0.25, 0.3) is 0 Å². The van der Waals surface area contributed by atoms with Crippen molar-refractivity contribution in [2.24, 2.45) is 5.84 Å². The van der Waals surface area contributed by atoms with Crippen LogP contribution in [0.4, 0.5) is 4.79 Å². The molecule has 1 rings (SSSR count). The normalized spacial score (nSPS) is 11.2. The molecular formula is C12H16Cl2N2O2. The number of hydrogen-bond donors (Lipinski definition) is 1. The van der Waals surface area contributed by atoms with E-state index in [9.17, 15) is 4.79 Å². The molecule has 0 atom stereocenters. The molecular weight excluding hydrogens is 275 g/mol. The first kappa shape index (κ1) is 15.1. The number of hydrogen-bond acceptors (Lipinski definition) is 3. The van der Waals surface area contributed by atoms with Gasteiger partial charge in [-0.15, -0.1) is 0 Å². The monoisotopic (exact) mass is 290 g/mol. The van der Waals surface area contributed by atoms with Crippen molar-refractivity contribution < 1.29 is 9.53 Å². The molecule has 1 amide bonds. The Labute approximate surface area is 117 Å². The third kappa shape index (κ3) is 5.12. The highest BCUT2D eigenvalue weighted by Crippen LogP contribution is 2.20. The Kier molecular flexibility index (Phi) is 4.85. The molecule has 0 aliphatic rings. The molecule has 0 saturated carbocycles. The quantitative estimate of drug-likeness (QED) is 0.514. The van der Waals surface area contributed by atoms with Crippen molar-refractivity contribution in [2.75, 3.05) is 0 Å². The number of halogens is 2. The predicted molar refractivity (Wildman–Crippen MR) is 72.4 cm³/mol. The second-order valence-electron chi connectivity index (χ2n) is 4.89. The van der Waals surface area contributed by atoms with Crippen molar-refractivity contribution in [1.82, 2.24) is 5.01 Å². The minimum atomic E-state index is -0.599. The largest absolute Gasteiger partial charge is 0.443 e. The van der Waals surface area contributed by atoms with Crippen LogP contribution in [0, 0.1) is 0 Å². The van der Waals surface area contributed by atoms with Gasteiger partial charge in [0, 0.05) is 10.0 Å². The van der Waals surface area contributed by atoms with Crippen molar-refractivity contribution in [1.29, 1.82) is 0 Å². The zero-order valence-electron chi connectivity index (χ0n) is 10.5. The number of nitrogens with two attached hydrogens (primary N) is 1. The molecule has 0 unspecified atom stereocenters. The number of hydrazine groups is 1. The fourth-order valence-electron chi connectivity index (χ4n) is 1.28. The van der Waals surface area contributed by atoms with Gasteiger partial charge in [0.15, 0.2) is 0 Å². The first-order valence-corrected chi connectivity index (χ1v) is 6.13. The minimum absolute atomic E-state index is 0.176. The van der Waals surface area contributed by atoms with E-state index in [4.69, 9.17) is 33.8 Å². The summed E-state index contributed by atoms with van der Waals surface area (Å²) in [6, 6.07) is 5.00. The van der Waals surface area contributed by atoms with E-state index in [1.165, 1.54) is 0 Å². The average molecular weight is 291 g/mol. The van der Waals surface area contributed by atoms with Crippen LogP contribution in [-0.4, -0.2) is 16.7 Å². The summed E-state index contributed by atoms with van der Waals surface area (Å²) in [5.41, 5.74) is 0.154. The molecule has 4 nitrogen and oxygen atoms in total. The minimum Gasteiger partial charge on any atom is -0.443 e. The summed E-state index contributed by atoms with van der Waals surface area (Å²) in [6.07, 6.45) is -0.599. The second-order valence-corrected chi connectivity index (χ2v) is 5.76. The summed E-state index contributed by atoms with van der Waals surface area (Å²) in [4.78, 5) is 11.6. The van der Waals surface area contributed by atoms with Crippen molar-refractivity contribution in [3.8, 4) is 0 Å². The van der Waals surface area contributed by atoms with Gasteiger partial charge in [0.1, 0.15) is 5.60 Å². The molecule has 0 bridgehead atoms. The van der Waals surface area contributed by atoms with E-state index in [1.807, 2.05) is 0 Å². The van der Waals surface area contributed by atoms with Crippen LogP contribution in [-0.2, 0) is 11.3 Å². The summed E-state index contributed by atoms with van der Waals surface area (Å²) >= 11 is 11.7. The number of amides is 1. The average Bonchev–Trinajstić information content (AvgIpc) is 2.12. The maximum Gasteiger partial charge on any atom is 0.424 e. The molecule has 18 heavy (non-hydrogen) atoms. The van der Waals surface area contributed by atoms with Gasteiger partial charge < -0.3 is 4.74 Å². The van der Waals surface area contributed by atoms with Gasteiger partial charge in [-0.2, -0.15) is 0 Å². The summed E-state index contributed by atoms with van der Waals surface area (Å²) in [5, 5.41) is 1.97. The van der Waals surface area contributed by atoms with Crippen LogP contribution in [0.5, 0.6) is 0 Å². The lowest BCUT2D eigenvalue weighted by Crippen LogP contribution is -2.40. The zero-order chi connectivity index (χ0) is 13.9. The number of benzene rings is 1. The van der Waals surface area contributed by atoms with E-state index in [0.29, 0.717) is 10.0 Å². The first-order valence-electron chi connectivity index (χ1n) is 5.37. The lowest BCUT2D eigenvalue weighted by molar-refractivity contribution is 0.0231. The molecule has 100 valence electrons. The fourth-order valence-corrected chi connectivity index (χ4v) is 1.86. The van der Waals surface area contributed by atoms with Gasteiger partial charge in [-0.25, -0.2) is 15.6 Å². The third-order valence-corrected chi connectivity index (χ3v) is 2.34. The van der Waals surface area contributed by atoms with E-state index in [0.717, 1.165) is 10.6 Å². The maximum absolute atomic E-state index is 11.6. The Morgan fingerprint density at radius 3 is 2.22 bits per heavy atom. The number of ether oxygens (including phenoxy) is 1. The molecule has 1 aromatic rings. The molecule has 0 saturated heterocycles. The maximum atomic E-state index is 11.6. The molecule has 0 aliphatic heterocycles. The first-order chi connectivity index (χ1) is 8.17. The van der Waals surface area contributed by atoms with Crippen LogP contribution in [0.15, 0.2) is 18.2 Å². The van der Waals surface area contributed by atoms with Crippen LogP contribution >= 0.6 is 23.2 Å². The van der Waals surface area contributed by atoms with E-state index in [2.05, 4.69) is 0 Å². The molecule has 0 aliphatic carbocycles. The van der Waals surface area contributed by atoms with Gasteiger partial charge in [-0.05, 0) is 44.5 Å².